The zero-order chi connectivity index (χ0) is 23.5. The number of aryl methyl sites for hydroxylation is 1. The van der Waals surface area contributed by atoms with Crippen molar-refractivity contribution >= 4 is 5.91 Å². The minimum absolute atomic E-state index is 0.0206. The predicted molar refractivity (Wildman–Crippen MR) is 123 cm³/mol. The molecule has 4 rings (SSSR count). The summed E-state index contributed by atoms with van der Waals surface area (Å²) in [6, 6.07) is 12.8. The lowest BCUT2D eigenvalue weighted by molar-refractivity contribution is 0.0684. The van der Waals surface area contributed by atoms with E-state index in [4.69, 9.17) is 0 Å². The first-order valence-electron chi connectivity index (χ1n) is 11.2. The van der Waals surface area contributed by atoms with E-state index in [9.17, 15) is 18.8 Å². The van der Waals surface area contributed by atoms with Crippen LogP contribution in [0.15, 0.2) is 58.1 Å². The van der Waals surface area contributed by atoms with E-state index in [1.807, 2.05) is 31.2 Å². The summed E-state index contributed by atoms with van der Waals surface area (Å²) in [5.41, 5.74) is 0.0383. The standard InChI is InChI=1S/C25H27FN4O3/c1-17-8-6-9-18(14-17)16-29-24(32)22(23(31)28(2)20-11-4-3-5-12-20)27-30(25(29)33)21-13-7-10-19(26)15-21/h6-10,13-15,20H,3-5,11-12,16H2,1-2H3. The van der Waals surface area contributed by atoms with Crippen LogP contribution in [0.5, 0.6) is 0 Å². The summed E-state index contributed by atoms with van der Waals surface area (Å²) < 4.78 is 15.8. The van der Waals surface area contributed by atoms with Crippen LogP contribution in [-0.4, -0.2) is 38.2 Å². The average molecular weight is 451 g/mol. The molecule has 0 atom stereocenters. The summed E-state index contributed by atoms with van der Waals surface area (Å²) in [6.07, 6.45) is 4.91. The molecule has 0 bridgehead atoms. The van der Waals surface area contributed by atoms with Crippen LogP contribution in [0.2, 0.25) is 0 Å². The van der Waals surface area contributed by atoms with Crippen LogP contribution in [0.25, 0.3) is 5.69 Å². The van der Waals surface area contributed by atoms with Crippen molar-refractivity contribution in [2.24, 2.45) is 0 Å². The molecule has 0 unspecified atom stereocenters. The largest absolute Gasteiger partial charge is 0.352 e. The van der Waals surface area contributed by atoms with Gasteiger partial charge in [-0.25, -0.2) is 9.18 Å². The predicted octanol–water partition coefficient (Wildman–Crippen LogP) is 3.29. The van der Waals surface area contributed by atoms with Crippen molar-refractivity contribution in [1.82, 2.24) is 19.2 Å². The maximum Gasteiger partial charge on any atom is 0.352 e. The summed E-state index contributed by atoms with van der Waals surface area (Å²) in [5.74, 6) is -1.08. The third-order valence-electron chi connectivity index (χ3n) is 6.18. The Morgan fingerprint density at radius 2 is 1.82 bits per heavy atom. The number of carbonyl (C=O) groups excluding carboxylic acids is 1. The molecule has 1 heterocycles. The minimum atomic E-state index is -0.748. The Morgan fingerprint density at radius 1 is 1.09 bits per heavy atom. The first-order chi connectivity index (χ1) is 15.8. The lowest BCUT2D eigenvalue weighted by atomic mass is 9.94. The highest BCUT2D eigenvalue weighted by Crippen LogP contribution is 2.22. The zero-order valence-electron chi connectivity index (χ0n) is 18.8. The van der Waals surface area contributed by atoms with Crippen molar-refractivity contribution in [2.75, 3.05) is 7.05 Å². The fraction of sp³-hybridized carbons (Fsp3) is 0.360. The SMILES string of the molecule is Cc1cccc(Cn2c(=O)c(C(=O)N(C)C3CCCCC3)nn(-c3cccc(F)c3)c2=O)c1. The maximum absolute atomic E-state index is 13.9. The average Bonchev–Trinajstić information content (AvgIpc) is 2.81. The smallest absolute Gasteiger partial charge is 0.337 e. The van der Waals surface area contributed by atoms with E-state index in [1.54, 1.807) is 11.9 Å². The molecule has 0 radical (unpaired) electrons. The minimum Gasteiger partial charge on any atom is -0.337 e. The first-order valence-corrected chi connectivity index (χ1v) is 11.2. The molecule has 172 valence electrons. The van der Waals surface area contributed by atoms with Crippen LogP contribution >= 0.6 is 0 Å². The molecule has 7 nitrogen and oxygen atoms in total. The highest BCUT2D eigenvalue weighted by Gasteiger charge is 2.28. The Labute approximate surface area is 191 Å². The van der Waals surface area contributed by atoms with Gasteiger partial charge in [-0.15, -0.1) is 0 Å². The number of aromatic nitrogens is 3. The molecule has 2 aromatic carbocycles. The zero-order valence-corrected chi connectivity index (χ0v) is 18.8. The van der Waals surface area contributed by atoms with Crippen molar-refractivity contribution in [1.29, 1.82) is 0 Å². The molecule has 0 aliphatic heterocycles. The van der Waals surface area contributed by atoms with Gasteiger partial charge in [0.2, 0.25) is 5.69 Å². The lowest BCUT2D eigenvalue weighted by Crippen LogP contribution is -2.48. The number of hydrogen-bond donors (Lipinski definition) is 0. The molecular formula is C25H27FN4O3. The Bertz CT molecular complexity index is 1290. The number of hydrogen-bond acceptors (Lipinski definition) is 4. The van der Waals surface area contributed by atoms with Crippen molar-refractivity contribution in [2.45, 2.75) is 51.6 Å². The molecule has 1 fully saturated rings. The quantitative estimate of drug-likeness (QED) is 0.598. The van der Waals surface area contributed by atoms with Gasteiger partial charge in [-0.05, 0) is 43.5 Å². The molecule has 1 aliphatic rings. The Balaban J connectivity index is 1.85. The summed E-state index contributed by atoms with van der Waals surface area (Å²) >= 11 is 0. The monoisotopic (exact) mass is 450 g/mol. The maximum atomic E-state index is 13.9. The highest BCUT2D eigenvalue weighted by molar-refractivity contribution is 5.91. The molecule has 3 aromatic rings. The Kier molecular flexibility index (Phi) is 6.53. The van der Waals surface area contributed by atoms with Gasteiger partial charge in [-0.3, -0.25) is 14.2 Å². The number of rotatable bonds is 5. The van der Waals surface area contributed by atoms with Gasteiger partial charge in [0.25, 0.3) is 11.5 Å². The fourth-order valence-electron chi connectivity index (χ4n) is 4.36. The van der Waals surface area contributed by atoms with Gasteiger partial charge < -0.3 is 4.90 Å². The summed E-state index contributed by atoms with van der Waals surface area (Å²) in [6.45, 7) is 1.89. The van der Waals surface area contributed by atoms with Gasteiger partial charge in [0.1, 0.15) is 5.82 Å². The normalized spacial score (nSPS) is 14.3. The summed E-state index contributed by atoms with van der Waals surface area (Å²) in [5, 5.41) is 4.13. The highest BCUT2D eigenvalue weighted by atomic mass is 19.1. The molecule has 8 heteroatoms. The number of nitrogens with zero attached hydrogens (tertiary/aromatic N) is 4. The third kappa shape index (κ3) is 4.79. The molecule has 1 aromatic heterocycles. The number of amides is 1. The van der Waals surface area contributed by atoms with Gasteiger partial charge >= 0.3 is 5.69 Å². The van der Waals surface area contributed by atoms with E-state index in [2.05, 4.69) is 5.10 Å². The van der Waals surface area contributed by atoms with Gasteiger partial charge in [-0.2, -0.15) is 9.78 Å². The Morgan fingerprint density at radius 3 is 2.52 bits per heavy atom. The molecule has 1 amide bonds. The molecule has 33 heavy (non-hydrogen) atoms. The van der Waals surface area contributed by atoms with Crippen molar-refractivity contribution in [3.63, 3.8) is 0 Å². The van der Waals surface area contributed by atoms with E-state index in [1.165, 1.54) is 18.2 Å². The fourth-order valence-corrected chi connectivity index (χ4v) is 4.36. The van der Waals surface area contributed by atoms with Crippen LogP contribution in [0.3, 0.4) is 0 Å². The number of halogens is 1. The second-order valence-corrected chi connectivity index (χ2v) is 8.61. The van der Waals surface area contributed by atoms with Gasteiger partial charge in [0.05, 0.1) is 12.2 Å². The summed E-state index contributed by atoms with van der Waals surface area (Å²) in [7, 11) is 1.67. The topological polar surface area (TPSA) is 77.2 Å². The molecule has 0 N–H and O–H groups in total. The molecule has 1 aliphatic carbocycles. The van der Waals surface area contributed by atoms with Crippen LogP contribution in [0.1, 0.15) is 53.7 Å². The van der Waals surface area contributed by atoms with Crippen LogP contribution in [-0.2, 0) is 6.54 Å². The van der Waals surface area contributed by atoms with E-state index >= 15 is 0 Å². The number of benzene rings is 2. The van der Waals surface area contributed by atoms with Crippen molar-refractivity contribution < 1.29 is 9.18 Å². The third-order valence-corrected chi connectivity index (χ3v) is 6.18. The van der Waals surface area contributed by atoms with E-state index in [0.29, 0.717) is 0 Å². The second-order valence-electron chi connectivity index (χ2n) is 8.61. The van der Waals surface area contributed by atoms with E-state index < -0.39 is 23.0 Å². The molecule has 1 saturated carbocycles. The number of carbonyl (C=O) groups is 1. The molecule has 0 spiro atoms. The van der Waals surface area contributed by atoms with Gasteiger partial charge in [0.15, 0.2) is 0 Å². The van der Waals surface area contributed by atoms with Crippen LogP contribution in [0, 0.1) is 12.7 Å². The van der Waals surface area contributed by atoms with Crippen molar-refractivity contribution in [3.8, 4) is 5.69 Å². The molecular weight excluding hydrogens is 423 g/mol. The first kappa shape index (κ1) is 22.6. The van der Waals surface area contributed by atoms with Crippen LogP contribution < -0.4 is 11.2 Å². The van der Waals surface area contributed by atoms with E-state index in [0.717, 1.165) is 58.5 Å². The summed E-state index contributed by atoms with van der Waals surface area (Å²) in [4.78, 5) is 41.5. The molecule has 0 saturated heterocycles. The van der Waals surface area contributed by atoms with E-state index in [-0.39, 0.29) is 24.0 Å². The second kappa shape index (κ2) is 9.52. The Hall–Kier alpha value is -3.55. The van der Waals surface area contributed by atoms with Gasteiger partial charge in [-0.1, -0.05) is 55.2 Å². The van der Waals surface area contributed by atoms with Gasteiger partial charge in [0, 0.05) is 13.1 Å². The van der Waals surface area contributed by atoms with Crippen molar-refractivity contribution in [3.05, 3.63) is 92.0 Å². The lowest BCUT2D eigenvalue weighted by Gasteiger charge is -2.30. The van der Waals surface area contributed by atoms with Crippen LogP contribution in [0.4, 0.5) is 4.39 Å².